The lowest BCUT2D eigenvalue weighted by molar-refractivity contribution is -0.117. The van der Waals surface area contributed by atoms with Gasteiger partial charge in [-0.05, 0) is 66.6 Å². The summed E-state index contributed by atoms with van der Waals surface area (Å²) in [7, 11) is -2.54. The predicted octanol–water partition coefficient (Wildman–Crippen LogP) is 5.67. The van der Waals surface area contributed by atoms with Crippen LogP contribution in [0.4, 0.5) is 5.69 Å². The molecule has 4 rings (SSSR count). The number of ether oxygens (including phenoxy) is 2. The SMILES string of the molecule is COc1ccc(S(=O)(=O)NC(Cc2ccccc2)C(=O)Nc2cc(Cl)ccc2Oc2ccccc2)cc1. The fraction of sp³-hybridized carbons (Fsp3) is 0.107. The summed E-state index contributed by atoms with van der Waals surface area (Å²) in [6.07, 6.45) is 0.123. The van der Waals surface area contributed by atoms with Crippen LogP contribution in [0, 0.1) is 0 Å². The average Bonchev–Trinajstić information content (AvgIpc) is 2.91. The molecule has 0 radical (unpaired) electrons. The molecule has 37 heavy (non-hydrogen) atoms. The number of hydrogen-bond donors (Lipinski definition) is 2. The molecule has 4 aromatic rings. The molecule has 9 heteroatoms. The van der Waals surface area contributed by atoms with Gasteiger partial charge in [0.2, 0.25) is 15.9 Å². The quantitative estimate of drug-likeness (QED) is 0.272. The van der Waals surface area contributed by atoms with Crippen LogP contribution in [0.15, 0.2) is 108 Å². The van der Waals surface area contributed by atoms with Gasteiger partial charge in [0.05, 0.1) is 17.7 Å². The van der Waals surface area contributed by atoms with Gasteiger partial charge in [0.25, 0.3) is 0 Å². The van der Waals surface area contributed by atoms with Crippen molar-refractivity contribution in [3.8, 4) is 17.2 Å². The molecule has 2 N–H and O–H groups in total. The first-order valence-corrected chi connectivity index (χ1v) is 13.2. The maximum Gasteiger partial charge on any atom is 0.243 e. The monoisotopic (exact) mass is 536 g/mol. The highest BCUT2D eigenvalue weighted by molar-refractivity contribution is 7.89. The highest BCUT2D eigenvalue weighted by Gasteiger charge is 2.27. The van der Waals surface area contributed by atoms with Crippen molar-refractivity contribution in [2.45, 2.75) is 17.4 Å². The smallest absolute Gasteiger partial charge is 0.243 e. The number of para-hydroxylation sites is 1. The van der Waals surface area contributed by atoms with Gasteiger partial charge in [-0.1, -0.05) is 60.1 Å². The minimum absolute atomic E-state index is 0.00928. The van der Waals surface area contributed by atoms with Gasteiger partial charge in [0, 0.05) is 5.02 Å². The number of rotatable bonds is 10. The highest BCUT2D eigenvalue weighted by Crippen LogP contribution is 2.32. The van der Waals surface area contributed by atoms with E-state index in [4.69, 9.17) is 21.1 Å². The zero-order valence-electron chi connectivity index (χ0n) is 19.9. The van der Waals surface area contributed by atoms with Gasteiger partial charge >= 0.3 is 0 Å². The zero-order valence-corrected chi connectivity index (χ0v) is 21.5. The van der Waals surface area contributed by atoms with Gasteiger partial charge in [0.1, 0.15) is 17.5 Å². The topological polar surface area (TPSA) is 93.7 Å². The second kappa shape index (κ2) is 11.9. The van der Waals surface area contributed by atoms with Crippen molar-refractivity contribution in [3.63, 3.8) is 0 Å². The molecule has 1 amide bonds. The number of carbonyl (C=O) groups excluding carboxylic acids is 1. The molecular formula is C28H25ClN2O5S. The summed E-state index contributed by atoms with van der Waals surface area (Å²) in [4.78, 5) is 13.5. The van der Waals surface area contributed by atoms with Crippen molar-refractivity contribution in [3.05, 3.63) is 114 Å². The average molecular weight is 537 g/mol. The first-order valence-electron chi connectivity index (χ1n) is 11.4. The molecule has 0 spiro atoms. The molecule has 0 saturated heterocycles. The summed E-state index contributed by atoms with van der Waals surface area (Å²) in [6, 6.07) is 27.8. The lowest BCUT2D eigenvalue weighted by Gasteiger charge is -2.20. The van der Waals surface area contributed by atoms with Gasteiger partial charge in [-0.2, -0.15) is 4.72 Å². The molecule has 0 saturated carbocycles. The van der Waals surface area contributed by atoms with Gasteiger partial charge in [-0.25, -0.2) is 8.42 Å². The Morgan fingerprint density at radius 3 is 2.16 bits per heavy atom. The molecule has 0 bridgehead atoms. The van der Waals surface area contributed by atoms with Crippen LogP contribution in [0.25, 0.3) is 0 Å². The molecular weight excluding hydrogens is 512 g/mol. The van der Waals surface area contributed by atoms with E-state index in [2.05, 4.69) is 10.0 Å². The number of methoxy groups -OCH3 is 1. The summed E-state index contributed by atoms with van der Waals surface area (Å²) in [5.41, 5.74) is 1.09. The van der Waals surface area contributed by atoms with E-state index in [9.17, 15) is 13.2 Å². The van der Waals surface area contributed by atoms with Crippen molar-refractivity contribution in [2.75, 3.05) is 12.4 Å². The Morgan fingerprint density at radius 1 is 0.865 bits per heavy atom. The molecule has 0 aromatic heterocycles. The fourth-order valence-electron chi connectivity index (χ4n) is 3.57. The van der Waals surface area contributed by atoms with E-state index in [0.29, 0.717) is 28.0 Å². The molecule has 0 aliphatic rings. The molecule has 1 unspecified atom stereocenters. The fourth-order valence-corrected chi connectivity index (χ4v) is 4.94. The van der Waals surface area contributed by atoms with Crippen molar-refractivity contribution in [1.82, 2.24) is 4.72 Å². The molecule has 4 aromatic carbocycles. The summed E-state index contributed by atoms with van der Waals surface area (Å²) < 4.78 is 39.9. The number of anilines is 1. The van der Waals surface area contributed by atoms with E-state index >= 15 is 0 Å². The lowest BCUT2D eigenvalue weighted by atomic mass is 10.1. The van der Waals surface area contributed by atoms with Gasteiger partial charge < -0.3 is 14.8 Å². The Labute approximate surface area is 221 Å². The number of hydrogen-bond acceptors (Lipinski definition) is 5. The Kier molecular flexibility index (Phi) is 8.45. The number of carbonyl (C=O) groups is 1. The summed E-state index contributed by atoms with van der Waals surface area (Å²) in [6.45, 7) is 0. The third kappa shape index (κ3) is 7.10. The predicted molar refractivity (Wildman–Crippen MR) is 144 cm³/mol. The van der Waals surface area contributed by atoms with Crippen molar-refractivity contribution >= 4 is 33.2 Å². The molecule has 0 heterocycles. The Bertz CT molecular complexity index is 1450. The van der Waals surface area contributed by atoms with E-state index in [1.165, 1.54) is 19.2 Å². The summed E-state index contributed by atoms with van der Waals surface area (Å²) >= 11 is 6.20. The molecule has 7 nitrogen and oxygen atoms in total. The summed E-state index contributed by atoms with van der Waals surface area (Å²) in [5.74, 6) is 0.882. The van der Waals surface area contributed by atoms with Crippen LogP contribution >= 0.6 is 11.6 Å². The first-order chi connectivity index (χ1) is 17.8. The molecule has 0 aliphatic heterocycles. The Morgan fingerprint density at radius 2 is 1.51 bits per heavy atom. The van der Waals surface area contributed by atoms with Crippen LogP contribution in [0.3, 0.4) is 0 Å². The zero-order chi connectivity index (χ0) is 26.3. The molecule has 1 atom stereocenters. The van der Waals surface area contributed by atoms with E-state index in [0.717, 1.165) is 5.56 Å². The number of benzene rings is 4. The van der Waals surface area contributed by atoms with E-state index < -0.39 is 22.0 Å². The number of nitrogens with one attached hydrogen (secondary N) is 2. The van der Waals surface area contributed by atoms with Crippen molar-refractivity contribution in [2.24, 2.45) is 0 Å². The summed E-state index contributed by atoms with van der Waals surface area (Å²) in [5, 5.41) is 3.17. The minimum atomic E-state index is -4.03. The molecule has 0 aliphatic carbocycles. The van der Waals surface area contributed by atoms with Crippen molar-refractivity contribution in [1.29, 1.82) is 0 Å². The van der Waals surface area contributed by atoms with Crippen LogP contribution < -0.4 is 19.5 Å². The second-order valence-electron chi connectivity index (χ2n) is 8.08. The third-order valence-electron chi connectivity index (χ3n) is 5.44. The van der Waals surface area contributed by atoms with Crippen LogP contribution in [-0.4, -0.2) is 27.5 Å². The maximum atomic E-state index is 13.5. The van der Waals surface area contributed by atoms with Gasteiger partial charge in [-0.15, -0.1) is 0 Å². The largest absolute Gasteiger partial charge is 0.497 e. The standard InChI is InChI=1S/C28H25ClN2O5S/c1-35-22-13-15-24(16-14-22)37(33,34)31-26(18-20-8-4-2-5-9-20)28(32)30-25-19-21(29)12-17-27(25)36-23-10-6-3-7-11-23/h2-17,19,26,31H,18H2,1H3,(H,30,32). The van der Waals surface area contributed by atoms with Gasteiger partial charge in [-0.3, -0.25) is 4.79 Å². The van der Waals surface area contributed by atoms with E-state index in [1.54, 1.807) is 42.5 Å². The first kappa shape index (κ1) is 26.2. The highest BCUT2D eigenvalue weighted by atomic mass is 35.5. The molecule has 190 valence electrons. The van der Waals surface area contributed by atoms with Crippen LogP contribution in [0.5, 0.6) is 17.2 Å². The number of amides is 1. The van der Waals surface area contributed by atoms with Crippen LogP contribution in [-0.2, 0) is 21.2 Å². The Hall–Kier alpha value is -3.85. The lowest BCUT2D eigenvalue weighted by Crippen LogP contribution is -2.45. The maximum absolute atomic E-state index is 13.5. The van der Waals surface area contributed by atoms with Crippen LogP contribution in [0.1, 0.15) is 5.56 Å². The normalized spacial score (nSPS) is 11.9. The van der Waals surface area contributed by atoms with E-state index in [-0.39, 0.29) is 11.3 Å². The minimum Gasteiger partial charge on any atom is -0.497 e. The number of halogens is 1. The van der Waals surface area contributed by atoms with Crippen LogP contribution in [0.2, 0.25) is 5.02 Å². The molecule has 0 fully saturated rings. The Balaban J connectivity index is 1.61. The van der Waals surface area contributed by atoms with E-state index in [1.807, 2.05) is 48.5 Å². The van der Waals surface area contributed by atoms with Crippen molar-refractivity contribution < 1.29 is 22.7 Å². The van der Waals surface area contributed by atoms with Gasteiger partial charge in [0.15, 0.2) is 5.75 Å². The third-order valence-corrected chi connectivity index (χ3v) is 7.16. The second-order valence-corrected chi connectivity index (χ2v) is 10.2. The number of sulfonamides is 1.